The summed E-state index contributed by atoms with van der Waals surface area (Å²) in [6, 6.07) is 6.03. The Hall–Kier alpha value is -2.31. The van der Waals surface area contributed by atoms with Crippen LogP contribution in [0.2, 0.25) is 0 Å². The zero-order valence-corrected chi connectivity index (χ0v) is 15.0. The fourth-order valence-corrected chi connectivity index (χ4v) is 2.56. The molecule has 1 aliphatic rings. The Balaban J connectivity index is 1.96. The summed E-state index contributed by atoms with van der Waals surface area (Å²) in [4.78, 5) is 25.0. The third-order valence-corrected chi connectivity index (χ3v) is 3.71. The Kier molecular flexibility index (Phi) is 5.87. The Bertz CT molecular complexity index is 611. The monoisotopic (exact) mass is 353 g/mol. The quantitative estimate of drug-likeness (QED) is 0.778. The lowest BCUT2D eigenvalue weighted by atomic mass is 10.2. The average Bonchev–Trinajstić information content (AvgIpc) is 2.92. The van der Waals surface area contributed by atoms with E-state index in [4.69, 9.17) is 9.47 Å². The van der Waals surface area contributed by atoms with Gasteiger partial charge in [-0.1, -0.05) is 0 Å². The summed E-state index contributed by atoms with van der Waals surface area (Å²) in [6.45, 7) is 5.45. The molecule has 138 valence electrons. The van der Waals surface area contributed by atoms with E-state index in [1.54, 1.807) is 45.0 Å². The van der Waals surface area contributed by atoms with Crippen LogP contribution in [0.25, 0.3) is 0 Å². The number of hydrogen-bond acceptors (Lipinski definition) is 5. The molecule has 1 aromatic rings. The first-order valence-electron chi connectivity index (χ1n) is 8.14. The van der Waals surface area contributed by atoms with E-state index in [1.165, 1.54) is 12.0 Å². The average molecular weight is 353 g/mol. The van der Waals surface area contributed by atoms with Gasteiger partial charge >= 0.3 is 12.1 Å². The van der Waals surface area contributed by atoms with Crippen molar-refractivity contribution in [2.45, 2.75) is 45.0 Å². The predicted molar refractivity (Wildman–Crippen MR) is 89.5 cm³/mol. The standard InChI is InChI=1S/C18H24FNO5/c1-18(2,3)25-17(22)20-10-13(19)9-14(20)11-24-15-7-5-12(6-8-15)16(21)23-4/h5-8,13-14H,9-11H2,1-4H3/t13-,14-/m0/s1. The fraction of sp³-hybridized carbons (Fsp3) is 0.556. The van der Waals surface area contributed by atoms with Crippen LogP contribution >= 0.6 is 0 Å². The number of halogens is 1. The molecule has 1 aromatic carbocycles. The number of benzene rings is 1. The summed E-state index contributed by atoms with van der Waals surface area (Å²) >= 11 is 0. The molecule has 1 heterocycles. The van der Waals surface area contributed by atoms with Gasteiger partial charge in [0.05, 0.1) is 25.3 Å². The molecule has 2 rings (SSSR count). The van der Waals surface area contributed by atoms with Gasteiger partial charge in [-0.05, 0) is 45.0 Å². The molecule has 0 spiro atoms. The minimum absolute atomic E-state index is 0.00419. The van der Waals surface area contributed by atoms with Crippen molar-refractivity contribution in [3.8, 4) is 5.75 Å². The number of carbonyl (C=O) groups is 2. The van der Waals surface area contributed by atoms with E-state index in [-0.39, 0.29) is 19.6 Å². The molecule has 0 aromatic heterocycles. The zero-order chi connectivity index (χ0) is 18.6. The van der Waals surface area contributed by atoms with Crippen LogP contribution in [0.5, 0.6) is 5.75 Å². The molecule has 7 heteroatoms. The van der Waals surface area contributed by atoms with Crippen molar-refractivity contribution in [3.05, 3.63) is 29.8 Å². The molecule has 6 nitrogen and oxygen atoms in total. The second-order valence-electron chi connectivity index (χ2n) is 6.95. The van der Waals surface area contributed by atoms with Crippen molar-refractivity contribution in [1.29, 1.82) is 0 Å². The van der Waals surface area contributed by atoms with Gasteiger partial charge in [0.25, 0.3) is 0 Å². The summed E-state index contributed by atoms with van der Waals surface area (Å²) < 4.78 is 29.4. The molecule has 2 atom stereocenters. The highest BCUT2D eigenvalue weighted by Crippen LogP contribution is 2.24. The minimum atomic E-state index is -1.09. The van der Waals surface area contributed by atoms with Crippen LogP contribution < -0.4 is 4.74 Å². The fourth-order valence-electron chi connectivity index (χ4n) is 2.56. The van der Waals surface area contributed by atoms with Gasteiger partial charge in [0.2, 0.25) is 0 Å². The van der Waals surface area contributed by atoms with Gasteiger partial charge < -0.3 is 14.2 Å². The Labute approximate surface area is 146 Å². The molecule has 1 aliphatic heterocycles. The highest BCUT2D eigenvalue weighted by molar-refractivity contribution is 5.89. The van der Waals surface area contributed by atoms with Gasteiger partial charge in [-0.3, -0.25) is 4.90 Å². The number of methoxy groups -OCH3 is 1. The lowest BCUT2D eigenvalue weighted by Crippen LogP contribution is -2.42. The number of ether oxygens (including phenoxy) is 3. The maximum absolute atomic E-state index is 13.8. The first kappa shape index (κ1) is 19.0. The van der Waals surface area contributed by atoms with Crippen molar-refractivity contribution in [1.82, 2.24) is 4.90 Å². The van der Waals surface area contributed by atoms with E-state index in [0.29, 0.717) is 11.3 Å². The number of carbonyl (C=O) groups excluding carboxylic acids is 2. The van der Waals surface area contributed by atoms with E-state index in [2.05, 4.69) is 4.74 Å². The van der Waals surface area contributed by atoms with Crippen molar-refractivity contribution in [2.24, 2.45) is 0 Å². The van der Waals surface area contributed by atoms with Crippen molar-refractivity contribution in [3.63, 3.8) is 0 Å². The second-order valence-corrected chi connectivity index (χ2v) is 6.95. The van der Waals surface area contributed by atoms with Gasteiger partial charge in [0.15, 0.2) is 0 Å². The van der Waals surface area contributed by atoms with E-state index in [1.807, 2.05) is 0 Å². The number of hydrogen-bond donors (Lipinski definition) is 0. The van der Waals surface area contributed by atoms with Gasteiger partial charge in [-0.15, -0.1) is 0 Å². The van der Waals surface area contributed by atoms with E-state index >= 15 is 0 Å². The minimum Gasteiger partial charge on any atom is -0.491 e. The normalized spacial score (nSPS) is 20.3. The predicted octanol–water partition coefficient (Wildman–Crippen LogP) is 3.20. The molecule has 0 bridgehead atoms. The van der Waals surface area contributed by atoms with Crippen LogP contribution in [0.1, 0.15) is 37.6 Å². The van der Waals surface area contributed by atoms with Crippen LogP contribution in [0.15, 0.2) is 24.3 Å². The SMILES string of the molecule is COC(=O)c1ccc(OC[C@@H]2C[C@H](F)CN2C(=O)OC(C)(C)C)cc1. The lowest BCUT2D eigenvalue weighted by Gasteiger charge is -2.28. The van der Waals surface area contributed by atoms with Crippen LogP contribution in [0.4, 0.5) is 9.18 Å². The molecular formula is C18H24FNO5. The lowest BCUT2D eigenvalue weighted by molar-refractivity contribution is 0.0181. The van der Waals surface area contributed by atoms with E-state index < -0.39 is 29.9 Å². The van der Waals surface area contributed by atoms with Gasteiger partial charge in [0.1, 0.15) is 24.1 Å². The molecule has 0 saturated carbocycles. The number of alkyl halides is 1. The zero-order valence-electron chi connectivity index (χ0n) is 15.0. The van der Waals surface area contributed by atoms with Crippen LogP contribution in [-0.4, -0.2) is 55.0 Å². The first-order valence-corrected chi connectivity index (χ1v) is 8.14. The Morgan fingerprint density at radius 3 is 2.44 bits per heavy atom. The summed E-state index contributed by atoms with van der Waals surface area (Å²) in [7, 11) is 1.31. The van der Waals surface area contributed by atoms with Gasteiger partial charge in [-0.25, -0.2) is 14.0 Å². The van der Waals surface area contributed by atoms with Crippen molar-refractivity contribution < 1.29 is 28.2 Å². The van der Waals surface area contributed by atoms with Crippen LogP contribution in [0.3, 0.4) is 0 Å². The smallest absolute Gasteiger partial charge is 0.410 e. The second kappa shape index (κ2) is 7.72. The maximum atomic E-state index is 13.8. The van der Waals surface area contributed by atoms with Gasteiger partial charge in [-0.2, -0.15) is 0 Å². The summed E-state index contributed by atoms with van der Waals surface area (Å²) in [6.07, 6.45) is -1.43. The van der Waals surface area contributed by atoms with E-state index in [9.17, 15) is 14.0 Å². The third-order valence-electron chi connectivity index (χ3n) is 3.71. The highest BCUT2D eigenvalue weighted by Gasteiger charge is 2.38. The molecule has 0 N–H and O–H groups in total. The summed E-state index contributed by atoms with van der Waals surface area (Å²) in [5, 5.41) is 0. The molecular weight excluding hydrogens is 329 g/mol. The topological polar surface area (TPSA) is 65.1 Å². The third kappa shape index (κ3) is 5.34. The van der Waals surface area contributed by atoms with E-state index in [0.717, 1.165) is 0 Å². The Morgan fingerprint density at radius 1 is 1.24 bits per heavy atom. The number of esters is 1. The molecule has 1 saturated heterocycles. The van der Waals surface area contributed by atoms with Gasteiger partial charge in [0, 0.05) is 6.42 Å². The van der Waals surface area contributed by atoms with Crippen molar-refractivity contribution in [2.75, 3.05) is 20.3 Å². The number of likely N-dealkylation sites (tertiary alicyclic amines) is 1. The maximum Gasteiger partial charge on any atom is 0.410 e. The molecule has 25 heavy (non-hydrogen) atoms. The summed E-state index contributed by atoms with van der Waals surface area (Å²) in [5.41, 5.74) is -0.226. The first-order chi connectivity index (χ1) is 11.7. The number of nitrogens with zero attached hydrogens (tertiary/aromatic N) is 1. The molecule has 0 aliphatic carbocycles. The number of rotatable bonds is 4. The molecule has 0 radical (unpaired) electrons. The number of amides is 1. The molecule has 1 amide bonds. The Morgan fingerprint density at radius 2 is 1.88 bits per heavy atom. The highest BCUT2D eigenvalue weighted by atomic mass is 19.1. The van der Waals surface area contributed by atoms with Crippen molar-refractivity contribution >= 4 is 12.1 Å². The van der Waals surface area contributed by atoms with Crippen LogP contribution in [-0.2, 0) is 9.47 Å². The van der Waals surface area contributed by atoms with Crippen LogP contribution in [0, 0.1) is 0 Å². The molecule has 1 fully saturated rings. The summed E-state index contributed by atoms with van der Waals surface area (Å²) in [5.74, 6) is 0.0952. The molecule has 0 unspecified atom stereocenters. The largest absolute Gasteiger partial charge is 0.491 e.